The Kier molecular flexibility index (Phi) is 4.96. The number of ether oxygens (including phenoxy) is 3. The maximum atomic E-state index is 12.5. The highest BCUT2D eigenvalue weighted by Crippen LogP contribution is 2.49. The van der Waals surface area contributed by atoms with Crippen molar-refractivity contribution in [2.75, 3.05) is 26.6 Å². The molecule has 6 heteroatoms. The van der Waals surface area contributed by atoms with E-state index in [0.717, 1.165) is 33.0 Å². The van der Waals surface area contributed by atoms with Crippen LogP contribution in [0.1, 0.15) is 22.8 Å². The molecule has 1 aliphatic heterocycles. The van der Waals surface area contributed by atoms with Crippen LogP contribution in [0, 0.1) is 0 Å². The number of rotatable bonds is 5. The third-order valence-corrected chi connectivity index (χ3v) is 6.10. The monoisotopic (exact) mass is 395 g/mol. The van der Waals surface area contributed by atoms with E-state index in [-0.39, 0.29) is 11.8 Å². The molecule has 0 saturated carbocycles. The molecule has 28 heavy (non-hydrogen) atoms. The van der Waals surface area contributed by atoms with Crippen molar-refractivity contribution in [2.45, 2.75) is 12.3 Å². The number of anilines is 1. The Labute approximate surface area is 167 Å². The number of hydrogen-bond acceptors (Lipinski definition) is 5. The molecule has 4 rings (SSSR count). The number of benzene rings is 2. The highest BCUT2D eigenvalue weighted by molar-refractivity contribution is 7.11. The summed E-state index contributed by atoms with van der Waals surface area (Å²) in [6, 6.07) is 13.6. The number of nitrogens with one attached hydrogen (secondary N) is 1. The smallest absolute Gasteiger partial charge is 0.225 e. The molecule has 2 heterocycles. The first-order valence-electron chi connectivity index (χ1n) is 8.92. The summed E-state index contributed by atoms with van der Waals surface area (Å²) in [5, 5.41) is 5.16. The molecule has 1 aromatic heterocycles. The van der Waals surface area contributed by atoms with Gasteiger partial charge >= 0.3 is 0 Å². The summed E-state index contributed by atoms with van der Waals surface area (Å²) in [7, 11) is 4.89. The fourth-order valence-electron chi connectivity index (χ4n) is 3.65. The van der Waals surface area contributed by atoms with Crippen molar-refractivity contribution in [3.8, 4) is 28.4 Å². The van der Waals surface area contributed by atoms with Gasteiger partial charge in [-0.3, -0.25) is 4.79 Å². The topological polar surface area (TPSA) is 56.8 Å². The quantitative estimate of drug-likeness (QED) is 0.667. The zero-order valence-corrected chi connectivity index (χ0v) is 16.8. The van der Waals surface area contributed by atoms with Gasteiger partial charge in [0, 0.05) is 33.7 Å². The molecule has 1 aliphatic rings. The van der Waals surface area contributed by atoms with Crippen LogP contribution >= 0.6 is 11.3 Å². The molecule has 1 amide bonds. The van der Waals surface area contributed by atoms with E-state index in [1.54, 1.807) is 32.7 Å². The van der Waals surface area contributed by atoms with Gasteiger partial charge in [0.2, 0.25) is 5.91 Å². The maximum absolute atomic E-state index is 12.5. The molecule has 1 N–H and O–H groups in total. The number of fused-ring (bicyclic) bond motifs is 1. The number of carbonyl (C=O) groups excluding carboxylic acids is 1. The van der Waals surface area contributed by atoms with Gasteiger partial charge in [-0.15, -0.1) is 11.3 Å². The van der Waals surface area contributed by atoms with Gasteiger partial charge in [-0.2, -0.15) is 0 Å². The van der Waals surface area contributed by atoms with Crippen molar-refractivity contribution in [3.63, 3.8) is 0 Å². The van der Waals surface area contributed by atoms with Crippen LogP contribution in [0.3, 0.4) is 0 Å². The van der Waals surface area contributed by atoms with E-state index in [1.807, 2.05) is 42.5 Å². The van der Waals surface area contributed by atoms with E-state index in [0.29, 0.717) is 17.9 Å². The Bertz CT molecular complexity index is 1010. The number of para-hydroxylation sites is 1. The van der Waals surface area contributed by atoms with Crippen LogP contribution < -0.4 is 19.5 Å². The molecule has 0 aliphatic carbocycles. The van der Waals surface area contributed by atoms with E-state index >= 15 is 0 Å². The number of hydrogen-bond donors (Lipinski definition) is 1. The molecule has 0 spiro atoms. The Morgan fingerprint density at radius 1 is 1.00 bits per heavy atom. The van der Waals surface area contributed by atoms with Crippen LogP contribution in [-0.2, 0) is 4.79 Å². The van der Waals surface area contributed by atoms with Gasteiger partial charge in [0.05, 0.1) is 27.0 Å². The summed E-state index contributed by atoms with van der Waals surface area (Å²) < 4.78 is 16.3. The molecule has 3 aromatic rings. The summed E-state index contributed by atoms with van der Waals surface area (Å²) in [5.74, 6) is 2.06. The molecule has 0 saturated heterocycles. The van der Waals surface area contributed by atoms with Gasteiger partial charge in [-0.05, 0) is 23.8 Å². The van der Waals surface area contributed by atoms with Crippen molar-refractivity contribution >= 4 is 22.9 Å². The van der Waals surface area contributed by atoms with Crippen molar-refractivity contribution in [2.24, 2.45) is 0 Å². The minimum absolute atomic E-state index is 0.00413. The Balaban J connectivity index is 1.81. The second-order valence-corrected chi connectivity index (χ2v) is 7.42. The molecule has 1 atom stereocenters. The Morgan fingerprint density at radius 2 is 1.79 bits per heavy atom. The minimum atomic E-state index is -0.0780. The number of carbonyl (C=O) groups is 1. The standard InChI is InChI=1S/C22H21NO4S/c1-25-14-9-7-13(8-10-14)17-12-28-22-16(11-19(24)23-20(17)22)15-5-4-6-18(26-2)21(15)27-3/h4-10,12,16H,11H2,1-3H3,(H,23,24)/t16-/m0/s1. The predicted molar refractivity (Wildman–Crippen MR) is 111 cm³/mol. The lowest BCUT2D eigenvalue weighted by Crippen LogP contribution is -2.22. The van der Waals surface area contributed by atoms with Crippen LogP contribution in [0.4, 0.5) is 5.69 Å². The highest BCUT2D eigenvalue weighted by atomic mass is 32.1. The largest absolute Gasteiger partial charge is 0.497 e. The fraction of sp³-hybridized carbons (Fsp3) is 0.227. The van der Waals surface area contributed by atoms with E-state index in [4.69, 9.17) is 14.2 Å². The van der Waals surface area contributed by atoms with Crippen LogP contribution in [0.2, 0.25) is 0 Å². The SMILES string of the molecule is COc1ccc(-c2csc3c2NC(=O)C[C@H]3c2cccc(OC)c2OC)cc1. The number of amides is 1. The summed E-state index contributed by atoms with van der Waals surface area (Å²) in [6.45, 7) is 0. The lowest BCUT2D eigenvalue weighted by molar-refractivity contribution is -0.116. The van der Waals surface area contributed by atoms with E-state index in [1.165, 1.54) is 0 Å². The van der Waals surface area contributed by atoms with Crippen LogP contribution in [-0.4, -0.2) is 27.2 Å². The highest BCUT2D eigenvalue weighted by Gasteiger charge is 2.32. The van der Waals surface area contributed by atoms with Gasteiger partial charge < -0.3 is 19.5 Å². The second-order valence-electron chi connectivity index (χ2n) is 6.50. The van der Waals surface area contributed by atoms with Crippen LogP contribution in [0.5, 0.6) is 17.2 Å². The molecule has 0 bridgehead atoms. The summed E-state index contributed by atoms with van der Waals surface area (Å²) in [5.41, 5.74) is 3.89. The van der Waals surface area contributed by atoms with Crippen LogP contribution in [0.25, 0.3) is 11.1 Å². The second kappa shape index (κ2) is 7.56. The van der Waals surface area contributed by atoms with Gasteiger partial charge in [0.15, 0.2) is 11.5 Å². The molecular weight excluding hydrogens is 374 g/mol. The Morgan fingerprint density at radius 3 is 2.46 bits per heavy atom. The van der Waals surface area contributed by atoms with E-state index < -0.39 is 0 Å². The number of methoxy groups -OCH3 is 3. The fourth-order valence-corrected chi connectivity index (χ4v) is 4.80. The summed E-state index contributed by atoms with van der Waals surface area (Å²) >= 11 is 1.65. The molecule has 0 unspecified atom stereocenters. The molecule has 144 valence electrons. The zero-order valence-electron chi connectivity index (χ0n) is 15.9. The van der Waals surface area contributed by atoms with E-state index in [2.05, 4.69) is 10.7 Å². The predicted octanol–water partition coefficient (Wildman–Crippen LogP) is 4.92. The van der Waals surface area contributed by atoms with Crippen molar-refractivity contribution in [3.05, 3.63) is 58.3 Å². The minimum Gasteiger partial charge on any atom is -0.497 e. The maximum Gasteiger partial charge on any atom is 0.225 e. The molecule has 0 fully saturated rings. The Hall–Kier alpha value is -2.99. The number of thiophene rings is 1. The van der Waals surface area contributed by atoms with Crippen LogP contribution in [0.15, 0.2) is 47.8 Å². The lowest BCUT2D eigenvalue weighted by atomic mass is 9.88. The normalized spacial score (nSPS) is 15.5. The van der Waals surface area contributed by atoms with Crippen molar-refractivity contribution in [1.29, 1.82) is 0 Å². The summed E-state index contributed by atoms with van der Waals surface area (Å²) in [6.07, 6.45) is 0.374. The molecule has 5 nitrogen and oxygen atoms in total. The van der Waals surface area contributed by atoms with Gasteiger partial charge in [-0.1, -0.05) is 24.3 Å². The first-order chi connectivity index (χ1) is 13.7. The lowest BCUT2D eigenvalue weighted by Gasteiger charge is -2.25. The molecule has 0 radical (unpaired) electrons. The molecular formula is C22H21NO4S. The zero-order chi connectivity index (χ0) is 19.7. The van der Waals surface area contributed by atoms with Crippen molar-refractivity contribution < 1.29 is 19.0 Å². The van der Waals surface area contributed by atoms with Gasteiger partial charge in [0.25, 0.3) is 0 Å². The summed E-state index contributed by atoms with van der Waals surface area (Å²) in [4.78, 5) is 13.7. The molecule has 2 aromatic carbocycles. The van der Waals surface area contributed by atoms with Gasteiger partial charge in [-0.25, -0.2) is 0 Å². The average molecular weight is 395 g/mol. The third-order valence-electron chi connectivity index (χ3n) is 5.00. The van der Waals surface area contributed by atoms with Crippen molar-refractivity contribution in [1.82, 2.24) is 0 Å². The average Bonchev–Trinajstić information content (AvgIpc) is 3.16. The van der Waals surface area contributed by atoms with Gasteiger partial charge in [0.1, 0.15) is 5.75 Å². The van der Waals surface area contributed by atoms with E-state index in [9.17, 15) is 4.79 Å². The first kappa shape index (κ1) is 18.4. The first-order valence-corrected chi connectivity index (χ1v) is 9.80. The third kappa shape index (κ3) is 3.10.